The van der Waals surface area contributed by atoms with Gasteiger partial charge < -0.3 is 25.7 Å². The van der Waals surface area contributed by atoms with E-state index in [0.717, 1.165) is 59.4 Å². The lowest BCUT2D eigenvalue weighted by atomic mass is 10.0. The van der Waals surface area contributed by atoms with Crippen LogP contribution in [0.25, 0.3) is 10.6 Å². The third-order valence-electron chi connectivity index (χ3n) is 6.15. The van der Waals surface area contributed by atoms with Crippen LogP contribution in [-0.4, -0.2) is 78.3 Å². The highest BCUT2D eigenvalue weighted by atomic mass is 32.1. The minimum Gasteiger partial charge on any atom is -0.379 e. The van der Waals surface area contributed by atoms with Crippen molar-refractivity contribution in [1.82, 2.24) is 25.1 Å². The topological polar surface area (TPSA) is 106 Å². The van der Waals surface area contributed by atoms with Crippen molar-refractivity contribution in [2.75, 3.05) is 51.8 Å². The Hall–Kier alpha value is -2.82. The van der Waals surface area contributed by atoms with Crippen LogP contribution in [0, 0.1) is 12.3 Å². The first-order valence-electron chi connectivity index (χ1n) is 11.1. The fourth-order valence-corrected chi connectivity index (χ4v) is 5.55. The number of thiophene rings is 1. The Balaban J connectivity index is 1.56. The van der Waals surface area contributed by atoms with Crippen LogP contribution in [0.15, 0.2) is 24.2 Å². The molecule has 9 nitrogen and oxygen atoms in total. The number of nitrogens with zero attached hydrogens (tertiary/aromatic N) is 4. The standard InChI is InChI=1S/C23H31N7O2S/c1-15-14-26-22(27-18(25-4)5-6-24)28-19(15)17-13-16-20(33-17)23(2,3)30(21(16)31)8-7-29-9-11-32-12-10-29/h5-6,13-14,24-25H,7-12H2,1-4H3,(H,26,27,28)/b18-5+,24-6?. The van der Waals surface area contributed by atoms with Gasteiger partial charge >= 0.3 is 0 Å². The van der Waals surface area contributed by atoms with Crippen LogP contribution in [0.2, 0.25) is 0 Å². The molecule has 3 N–H and O–H groups in total. The number of aryl methyl sites for hydroxylation is 1. The number of anilines is 1. The van der Waals surface area contributed by atoms with E-state index >= 15 is 0 Å². The van der Waals surface area contributed by atoms with Crippen molar-refractivity contribution in [3.63, 3.8) is 0 Å². The third kappa shape index (κ3) is 4.64. The molecule has 2 aliphatic rings. The highest BCUT2D eigenvalue weighted by molar-refractivity contribution is 7.16. The maximum atomic E-state index is 13.3. The van der Waals surface area contributed by atoms with E-state index in [1.54, 1.807) is 30.7 Å². The number of allylic oxidation sites excluding steroid dienone is 1. The van der Waals surface area contributed by atoms with Gasteiger partial charge in [-0.25, -0.2) is 9.97 Å². The molecule has 2 aliphatic heterocycles. The highest BCUT2D eigenvalue weighted by Gasteiger charge is 2.45. The van der Waals surface area contributed by atoms with Crippen molar-refractivity contribution in [2.45, 2.75) is 26.3 Å². The summed E-state index contributed by atoms with van der Waals surface area (Å²) in [5.74, 6) is 1.15. The Morgan fingerprint density at radius 1 is 1.33 bits per heavy atom. The molecule has 33 heavy (non-hydrogen) atoms. The predicted molar refractivity (Wildman–Crippen MR) is 131 cm³/mol. The molecular formula is C23H31N7O2S. The molecule has 0 spiro atoms. The lowest BCUT2D eigenvalue weighted by Gasteiger charge is -2.35. The third-order valence-corrected chi connectivity index (χ3v) is 7.61. The molecule has 4 rings (SSSR count). The molecular weight excluding hydrogens is 438 g/mol. The van der Waals surface area contributed by atoms with Crippen molar-refractivity contribution < 1.29 is 9.53 Å². The summed E-state index contributed by atoms with van der Waals surface area (Å²) in [6, 6.07) is 1.98. The van der Waals surface area contributed by atoms with E-state index in [-0.39, 0.29) is 11.4 Å². The summed E-state index contributed by atoms with van der Waals surface area (Å²) < 4.78 is 5.43. The van der Waals surface area contributed by atoms with Gasteiger partial charge in [0, 0.05) is 50.5 Å². The van der Waals surface area contributed by atoms with Crippen LogP contribution in [0.4, 0.5) is 5.95 Å². The van der Waals surface area contributed by atoms with E-state index < -0.39 is 0 Å². The zero-order valence-electron chi connectivity index (χ0n) is 19.6. The molecule has 1 saturated heterocycles. The molecule has 0 aliphatic carbocycles. The molecule has 0 atom stereocenters. The van der Waals surface area contributed by atoms with Gasteiger partial charge in [0.2, 0.25) is 5.95 Å². The Morgan fingerprint density at radius 3 is 2.76 bits per heavy atom. The van der Waals surface area contributed by atoms with Gasteiger partial charge in [0.25, 0.3) is 5.91 Å². The van der Waals surface area contributed by atoms with Crippen molar-refractivity contribution in [3.05, 3.63) is 40.2 Å². The fourth-order valence-electron chi connectivity index (χ4n) is 4.23. The summed E-state index contributed by atoms with van der Waals surface area (Å²) in [5.41, 5.74) is 2.15. The molecule has 1 amide bonds. The quantitative estimate of drug-likeness (QED) is 0.510. The van der Waals surface area contributed by atoms with Crippen LogP contribution in [-0.2, 0) is 10.3 Å². The second-order valence-electron chi connectivity index (χ2n) is 8.67. The van der Waals surface area contributed by atoms with Crippen LogP contribution in [0.3, 0.4) is 0 Å². The van der Waals surface area contributed by atoms with Gasteiger partial charge in [0.05, 0.1) is 34.9 Å². The second-order valence-corrected chi connectivity index (χ2v) is 9.72. The van der Waals surface area contributed by atoms with Crippen molar-refractivity contribution in [2.24, 2.45) is 0 Å². The van der Waals surface area contributed by atoms with Crippen LogP contribution in [0.1, 0.15) is 34.6 Å². The Bertz CT molecular complexity index is 1070. The van der Waals surface area contributed by atoms with Crippen molar-refractivity contribution in [1.29, 1.82) is 5.41 Å². The normalized spacial score (nSPS) is 18.4. The molecule has 10 heteroatoms. The van der Waals surface area contributed by atoms with E-state index in [9.17, 15) is 4.79 Å². The average Bonchev–Trinajstić information content (AvgIpc) is 3.33. The maximum Gasteiger partial charge on any atom is 0.255 e. The minimum atomic E-state index is -0.365. The number of nitrogens with one attached hydrogen (secondary N) is 3. The number of aromatic nitrogens is 2. The second kappa shape index (κ2) is 9.58. The first kappa shape index (κ1) is 23.3. The SMILES string of the molecule is CN/C(=C\C=N)Nc1ncc(C)c(-c2cc3c(s2)C(C)(C)N(CCN2CCOCC2)C3=O)n1. The molecule has 2 aromatic heterocycles. The van der Waals surface area contributed by atoms with Crippen molar-refractivity contribution >= 4 is 29.4 Å². The molecule has 0 aromatic carbocycles. The number of hydrogen-bond donors (Lipinski definition) is 3. The number of carbonyl (C=O) groups excluding carboxylic acids is 1. The molecule has 1 fully saturated rings. The Labute approximate surface area is 198 Å². The number of ether oxygens (including phenoxy) is 1. The van der Waals surface area contributed by atoms with Gasteiger partial charge in [0.15, 0.2) is 0 Å². The number of amides is 1. The molecule has 2 aromatic rings. The molecule has 0 bridgehead atoms. The smallest absolute Gasteiger partial charge is 0.255 e. The van der Waals surface area contributed by atoms with Gasteiger partial charge in [-0.1, -0.05) is 0 Å². The number of rotatable bonds is 8. The van der Waals surface area contributed by atoms with Gasteiger partial charge in [0.1, 0.15) is 5.82 Å². The summed E-state index contributed by atoms with van der Waals surface area (Å²) in [6.45, 7) is 11.1. The summed E-state index contributed by atoms with van der Waals surface area (Å²) in [7, 11) is 1.76. The van der Waals surface area contributed by atoms with Crippen LogP contribution < -0.4 is 10.6 Å². The average molecular weight is 470 g/mol. The zero-order chi connectivity index (χ0) is 23.6. The number of fused-ring (bicyclic) bond motifs is 1. The van der Waals surface area contributed by atoms with Crippen LogP contribution in [0.5, 0.6) is 0 Å². The minimum absolute atomic E-state index is 0.0854. The number of hydrogen-bond acceptors (Lipinski definition) is 9. The Kier molecular flexibility index (Phi) is 6.78. The van der Waals surface area contributed by atoms with Crippen LogP contribution >= 0.6 is 11.3 Å². The molecule has 4 heterocycles. The fraction of sp³-hybridized carbons (Fsp3) is 0.478. The van der Waals surface area contributed by atoms with Gasteiger partial charge in [-0.05, 0) is 38.5 Å². The molecule has 0 unspecified atom stereocenters. The highest BCUT2D eigenvalue weighted by Crippen LogP contribution is 2.46. The van der Waals surface area contributed by atoms with E-state index in [1.165, 1.54) is 6.21 Å². The van der Waals surface area contributed by atoms with Gasteiger partial charge in [-0.3, -0.25) is 9.69 Å². The largest absolute Gasteiger partial charge is 0.379 e. The van der Waals surface area contributed by atoms with Crippen molar-refractivity contribution in [3.8, 4) is 10.6 Å². The lowest BCUT2D eigenvalue weighted by molar-refractivity contribution is 0.0263. The van der Waals surface area contributed by atoms with E-state index in [1.807, 2.05) is 17.9 Å². The Morgan fingerprint density at radius 2 is 2.09 bits per heavy atom. The number of morpholine rings is 1. The first-order valence-corrected chi connectivity index (χ1v) is 11.9. The summed E-state index contributed by atoms with van der Waals surface area (Å²) >= 11 is 1.63. The van der Waals surface area contributed by atoms with E-state index in [0.29, 0.717) is 18.3 Å². The summed E-state index contributed by atoms with van der Waals surface area (Å²) in [5, 5.41) is 13.3. The van der Waals surface area contributed by atoms with E-state index in [2.05, 4.69) is 34.4 Å². The van der Waals surface area contributed by atoms with E-state index in [4.69, 9.17) is 15.1 Å². The predicted octanol–water partition coefficient (Wildman–Crippen LogP) is 2.66. The lowest BCUT2D eigenvalue weighted by Crippen LogP contribution is -2.46. The van der Waals surface area contributed by atoms with Gasteiger partial charge in [-0.15, -0.1) is 11.3 Å². The van der Waals surface area contributed by atoms with Gasteiger partial charge in [-0.2, -0.15) is 0 Å². The zero-order valence-corrected chi connectivity index (χ0v) is 20.4. The molecule has 176 valence electrons. The first-order chi connectivity index (χ1) is 15.8. The maximum absolute atomic E-state index is 13.3. The monoisotopic (exact) mass is 469 g/mol. The number of carbonyl (C=O) groups is 1. The molecule has 0 radical (unpaired) electrons. The molecule has 0 saturated carbocycles. The summed E-state index contributed by atoms with van der Waals surface area (Å²) in [6.07, 6.45) is 4.56. The summed E-state index contributed by atoms with van der Waals surface area (Å²) in [4.78, 5) is 28.8.